The molecule has 0 saturated heterocycles. The maximum Gasteiger partial charge on any atom is 0.338 e. The van der Waals surface area contributed by atoms with Gasteiger partial charge in [0.1, 0.15) is 0 Å². The van der Waals surface area contributed by atoms with E-state index in [1.54, 1.807) is 20.2 Å². The summed E-state index contributed by atoms with van der Waals surface area (Å²) in [6.45, 7) is 3.52. The lowest BCUT2D eigenvalue weighted by Crippen LogP contribution is -2.27. The second kappa shape index (κ2) is 5.48. The van der Waals surface area contributed by atoms with Crippen LogP contribution in [0.25, 0.3) is 0 Å². The molecule has 0 aliphatic rings. The van der Waals surface area contributed by atoms with Crippen molar-refractivity contribution in [2.45, 2.75) is 13.8 Å². The summed E-state index contributed by atoms with van der Waals surface area (Å²) in [6.07, 6.45) is 0. The lowest BCUT2D eigenvalue weighted by molar-refractivity contribution is -0.131. The number of aryl methyl sites for hydroxylation is 2. The Morgan fingerprint density at radius 1 is 1.24 bits per heavy atom. The molecule has 0 fully saturated rings. The van der Waals surface area contributed by atoms with E-state index in [1.165, 1.54) is 4.90 Å². The van der Waals surface area contributed by atoms with E-state index in [1.807, 2.05) is 26.0 Å². The summed E-state index contributed by atoms with van der Waals surface area (Å²) < 4.78 is 4.96. The maximum absolute atomic E-state index is 11.8. The van der Waals surface area contributed by atoms with E-state index in [0.717, 1.165) is 11.1 Å². The highest BCUT2D eigenvalue weighted by Crippen LogP contribution is 2.11. The third-order valence-corrected chi connectivity index (χ3v) is 2.44. The predicted octanol–water partition coefficient (Wildman–Crippen LogP) is 1.55. The molecule has 0 atom stereocenters. The monoisotopic (exact) mass is 235 g/mol. The van der Waals surface area contributed by atoms with Gasteiger partial charge in [0.05, 0.1) is 5.56 Å². The van der Waals surface area contributed by atoms with Crippen LogP contribution in [0.5, 0.6) is 0 Å². The van der Waals surface area contributed by atoms with E-state index in [9.17, 15) is 9.59 Å². The number of amides is 1. The fourth-order valence-corrected chi connectivity index (χ4v) is 1.29. The molecule has 4 heteroatoms. The zero-order valence-corrected chi connectivity index (χ0v) is 10.6. The summed E-state index contributed by atoms with van der Waals surface area (Å²) in [4.78, 5) is 24.4. The van der Waals surface area contributed by atoms with Gasteiger partial charge in [-0.15, -0.1) is 0 Å². The Morgan fingerprint density at radius 3 is 2.47 bits per heavy atom. The van der Waals surface area contributed by atoms with E-state index in [-0.39, 0.29) is 12.5 Å². The summed E-state index contributed by atoms with van der Waals surface area (Å²) in [7, 11) is 3.24. The topological polar surface area (TPSA) is 46.6 Å². The first-order chi connectivity index (χ1) is 7.91. The van der Waals surface area contributed by atoms with Crippen molar-refractivity contribution in [2.75, 3.05) is 20.7 Å². The maximum atomic E-state index is 11.8. The SMILES string of the molecule is Cc1ccc(C)c(C(=O)OCC(=O)N(C)C)c1. The fourth-order valence-electron chi connectivity index (χ4n) is 1.29. The molecule has 4 nitrogen and oxygen atoms in total. The summed E-state index contributed by atoms with van der Waals surface area (Å²) in [5, 5.41) is 0. The fraction of sp³-hybridized carbons (Fsp3) is 0.385. The third kappa shape index (κ3) is 3.59. The lowest BCUT2D eigenvalue weighted by atomic mass is 10.1. The van der Waals surface area contributed by atoms with E-state index in [0.29, 0.717) is 5.56 Å². The Bertz CT molecular complexity index is 438. The van der Waals surface area contributed by atoms with Crippen molar-refractivity contribution in [3.05, 3.63) is 34.9 Å². The van der Waals surface area contributed by atoms with Crippen molar-refractivity contribution in [3.8, 4) is 0 Å². The molecule has 0 radical (unpaired) electrons. The first-order valence-corrected chi connectivity index (χ1v) is 5.36. The second-order valence-electron chi connectivity index (χ2n) is 4.18. The highest BCUT2D eigenvalue weighted by atomic mass is 16.5. The van der Waals surface area contributed by atoms with Gasteiger partial charge in [-0.1, -0.05) is 17.7 Å². The average Bonchev–Trinajstić information content (AvgIpc) is 2.28. The molecule has 0 spiro atoms. The van der Waals surface area contributed by atoms with Gasteiger partial charge in [0, 0.05) is 14.1 Å². The van der Waals surface area contributed by atoms with E-state index in [2.05, 4.69) is 0 Å². The van der Waals surface area contributed by atoms with Crippen molar-refractivity contribution < 1.29 is 14.3 Å². The molecule has 0 N–H and O–H groups in total. The van der Waals surface area contributed by atoms with Crippen LogP contribution in [-0.4, -0.2) is 37.5 Å². The van der Waals surface area contributed by atoms with E-state index < -0.39 is 5.97 Å². The van der Waals surface area contributed by atoms with Crippen LogP contribution < -0.4 is 0 Å². The Hall–Kier alpha value is -1.84. The molecule has 0 aliphatic carbocycles. The number of nitrogens with zero attached hydrogens (tertiary/aromatic N) is 1. The number of esters is 1. The van der Waals surface area contributed by atoms with E-state index >= 15 is 0 Å². The van der Waals surface area contributed by atoms with Crippen LogP contribution in [0.2, 0.25) is 0 Å². The van der Waals surface area contributed by atoms with Crippen LogP contribution in [0.3, 0.4) is 0 Å². The molecule has 0 heterocycles. The van der Waals surface area contributed by atoms with Crippen LogP contribution in [0, 0.1) is 13.8 Å². The van der Waals surface area contributed by atoms with Crippen LogP contribution in [0.15, 0.2) is 18.2 Å². The van der Waals surface area contributed by atoms with Gasteiger partial charge in [-0.25, -0.2) is 4.79 Å². The van der Waals surface area contributed by atoms with Gasteiger partial charge >= 0.3 is 5.97 Å². The average molecular weight is 235 g/mol. The largest absolute Gasteiger partial charge is 0.452 e. The molecule has 92 valence electrons. The van der Waals surface area contributed by atoms with Gasteiger partial charge in [0.15, 0.2) is 6.61 Å². The molecule has 0 aliphatic heterocycles. The Balaban J connectivity index is 2.70. The molecule has 17 heavy (non-hydrogen) atoms. The summed E-state index contributed by atoms with van der Waals surface area (Å²) in [6, 6.07) is 5.55. The van der Waals surface area contributed by atoms with Crippen LogP contribution in [0.1, 0.15) is 21.5 Å². The Morgan fingerprint density at radius 2 is 1.88 bits per heavy atom. The van der Waals surface area contributed by atoms with Crippen molar-refractivity contribution >= 4 is 11.9 Å². The highest BCUT2D eigenvalue weighted by Gasteiger charge is 2.13. The van der Waals surface area contributed by atoms with Crippen LogP contribution in [0.4, 0.5) is 0 Å². The van der Waals surface area contributed by atoms with Crippen molar-refractivity contribution in [1.29, 1.82) is 0 Å². The minimum atomic E-state index is -0.457. The van der Waals surface area contributed by atoms with Crippen molar-refractivity contribution in [2.24, 2.45) is 0 Å². The summed E-state index contributed by atoms with van der Waals surface area (Å²) in [5.74, 6) is -0.690. The summed E-state index contributed by atoms with van der Waals surface area (Å²) >= 11 is 0. The molecule has 0 saturated carbocycles. The second-order valence-corrected chi connectivity index (χ2v) is 4.18. The minimum absolute atomic E-state index is 0.223. The summed E-state index contributed by atoms with van der Waals surface area (Å²) in [5.41, 5.74) is 2.34. The van der Waals surface area contributed by atoms with Gasteiger partial charge < -0.3 is 9.64 Å². The number of ether oxygens (including phenoxy) is 1. The van der Waals surface area contributed by atoms with Gasteiger partial charge in [-0.05, 0) is 25.5 Å². The standard InChI is InChI=1S/C13H17NO3/c1-9-5-6-10(2)11(7-9)13(16)17-8-12(15)14(3)4/h5-7H,8H2,1-4H3. The first-order valence-electron chi connectivity index (χ1n) is 5.36. The molecule has 0 aromatic heterocycles. The van der Waals surface area contributed by atoms with Gasteiger partial charge in [-0.3, -0.25) is 4.79 Å². The van der Waals surface area contributed by atoms with Gasteiger partial charge in [0.2, 0.25) is 0 Å². The Kier molecular flexibility index (Phi) is 4.26. The number of benzene rings is 1. The molecule has 1 aromatic carbocycles. The van der Waals surface area contributed by atoms with Gasteiger partial charge in [0.25, 0.3) is 5.91 Å². The number of carbonyl (C=O) groups excluding carboxylic acids is 2. The molecule has 1 aromatic rings. The smallest absolute Gasteiger partial charge is 0.338 e. The number of hydrogen-bond acceptors (Lipinski definition) is 3. The molecule has 0 bridgehead atoms. The molecule has 1 rings (SSSR count). The zero-order valence-electron chi connectivity index (χ0n) is 10.6. The van der Waals surface area contributed by atoms with Crippen molar-refractivity contribution in [3.63, 3.8) is 0 Å². The van der Waals surface area contributed by atoms with E-state index in [4.69, 9.17) is 4.74 Å². The number of carbonyl (C=O) groups is 2. The molecule has 1 amide bonds. The minimum Gasteiger partial charge on any atom is -0.452 e. The van der Waals surface area contributed by atoms with Crippen molar-refractivity contribution in [1.82, 2.24) is 4.90 Å². The Labute approximate surface area is 101 Å². The third-order valence-electron chi connectivity index (χ3n) is 2.44. The molecule has 0 unspecified atom stereocenters. The molecular weight excluding hydrogens is 218 g/mol. The first kappa shape index (κ1) is 13.2. The quantitative estimate of drug-likeness (QED) is 0.747. The number of hydrogen-bond donors (Lipinski definition) is 0. The van der Waals surface area contributed by atoms with Crippen LogP contribution in [-0.2, 0) is 9.53 Å². The lowest BCUT2D eigenvalue weighted by Gasteiger charge is -2.11. The highest BCUT2D eigenvalue weighted by molar-refractivity contribution is 5.92. The zero-order chi connectivity index (χ0) is 13.0. The van der Waals surface area contributed by atoms with Gasteiger partial charge in [-0.2, -0.15) is 0 Å². The normalized spacial score (nSPS) is 9.88. The predicted molar refractivity (Wildman–Crippen MR) is 64.9 cm³/mol. The van der Waals surface area contributed by atoms with Crippen LogP contribution >= 0.6 is 0 Å². The number of rotatable bonds is 3. The number of likely N-dealkylation sites (N-methyl/N-ethyl adjacent to an activating group) is 1. The molecular formula is C13H17NO3.